The number of methoxy groups -OCH3 is 1. The first kappa shape index (κ1) is 9.33. The van der Waals surface area contributed by atoms with E-state index in [2.05, 4.69) is 24.4 Å². The summed E-state index contributed by atoms with van der Waals surface area (Å²) in [5.74, 6) is 1.66. The Bertz CT molecular complexity index is 206. The minimum atomic E-state index is 0.633. The van der Waals surface area contributed by atoms with Gasteiger partial charge in [-0.3, -0.25) is 0 Å². The van der Waals surface area contributed by atoms with E-state index < -0.39 is 0 Å². The van der Waals surface area contributed by atoms with Crippen LogP contribution in [0, 0.1) is 5.92 Å². The van der Waals surface area contributed by atoms with Gasteiger partial charge >= 0.3 is 0 Å². The van der Waals surface area contributed by atoms with Crippen LogP contribution in [0.2, 0.25) is 0 Å². The zero-order valence-electron chi connectivity index (χ0n) is 8.05. The van der Waals surface area contributed by atoms with Gasteiger partial charge in [0.05, 0.1) is 7.11 Å². The second-order valence-corrected chi connectivity index (χ2v) is 3.18. The highest BCUT2D eigenvalue weighted by Gasteiger charge is 2.11. The Morgan fingerprint density at radius 3 is 2.92 bits per heavy atom. The third kappa shape index (κ3) is 2.11. The van der Waals surface area contributed by atoms with E-state index in [1.807, 2.05) is 7.05 Å². The predicted molar refractivity (Wildman–Crippen MR) is 50.9 cm³/mol. The largest absolute Gasteiger partial charge is 0.497 e. The van der Waals surface area contributed by atoms with Crippen LogP contribution in [0.3, 0.4) is 0 Å². The van der Waals surface area contributed by atoms with E-state index in [4.69, 9.17) is 4.74 Å². The Morgan fingerprint density at radius 2 is 2.42 bits per heavy atom. The molecule has 1 atom stereocenters. The Morgan fingerprint density at radius 1 is 1.67 bits per heavy atom. The van der Waals surface area contributed by atoms with Gasteiger partial charge in [0.15, 0.2) is 0 Å². The van der Waals surface area contributed by atoms with Crippen molar-refractivity contribution >= 4 is 0 Å². The van der Waals surface area contributed by atoms with Gasteiger partial charge in [0.25, 0.3) is 0 Å². The van der Waals surface area contributed by atoms with Crippen LogP contribution in [0.5, 0.6) is 0 Å². The van der Waals surface area contributed by atoms with Crippen LogP contribution >= 0.6 is 0 Å². The first-order valence-electron chi connectivity index (χ1n) is 4.35. The molecule has 0 spiro atoms. The third-order valence-corrected chi connectivity index (χ3v) is 2.17. The summed E-state index contributed by atoms with van der Waals surface area (Å²) in [7, 11) is 3.71. The molecule has 12 heavy (non-hydrogen) atoms. The van der Waals surface area contributed by atoms with Crippen molar-refractivity contribution in [3.8, 4) is 0 Å². The summed E-state index contributed by atoms with van der Waals surface area (Å²) in [6, 6.07) is 0. The van der Waals surface area contributed by atoms with Crippen molar-refractivity contribution in [3.05, 3.63) is 23.5 Å². The number of hydrogen-bond acceptors (Lipinski definition) is 2. The highest BCUT2D eigenvalue weighted by molar-refractivity contribution is 5.28. The Balaban J connectivity index is 2.56. The van der Waals surface area contributed by atoms with Crippen LogP contribution in [-0.2, 0) is 4.74 Å². The molecule has 1 rings (SSSR count). The van der Waals surface area contributed by atoms with Gasteiger partial charge in [-0.15, -0.1) is 0 Å². The second-order valence-electron chi connectivity index (χ2n) is 3.18. The van der Waals surface area contributed by atoms with E-state index in [1.165, 1.54) is 5.57 Å². The van der Waals surface area contributed by atoms with Gasteiger partial charge in [0.2, 0.25) is 0 Å². The molecule has 0 aromatic heterocycles. The minimum absolute atomic E-state index is 0.633. The molecular formula is C10H17NO. The molecule has 2 heteroatoms. The molecule has 1 aliphatic rings. The van der Waals surface area contributed by atoms with Crippen LogP contribution in [0.15, 0.2) is 23.5 Å². The van der Waals surface area contributed by atoms with Crippen molar-refractivity contribution in [2.45, 2.75) is 13.3 Å². The molecule has 0 aromatic carbocycles. The monoisotopic (exact) mass is 167 g/mol. The fourth-order valence-corrected chi connectivity index (χ4v) is 1.57. The molecule has 1 aliphatic carbocycles. The third-order valence-electron chi connectivity index (χ3n) is 2.17. The fourth-order valence-electron chi connectivity index (χ4n) is 1.57. The van der Waals surface area contributed by atoms with E-state index in [9.17, 15) is 0 Å². The van der Waals surface area contributed by atoms with Crippen LogP contribution in [-0.4, -0.2) is 20.7 Å². The lowest BCUT2D eigenvalue weighted by atomic mass is 9.96. The average Bonchev–Trinajstić information content (AvgIpc) is 2.05. The van der Waals surface area contributed by atoms with Gasteiger partial charge in [0.1, 0.15) is 5.76 Å². The highest BCUT2D eigenvalue weighted by Crippen LogP contribution is 2.22. The quantitative estimate of drug-likeness (QED) is 0.690. The van der Waals surface area contributed by atoms with Gasteiger partial charge < -0.3 is 10.1 Å². The summed E-state index contributed by atoms with van der Waals surface area (Å²) in [4.78, 5) is 0. The molecule has 0 amide bonds. The first-order valence-corrected chi connectivity index (χ1v) is 4.35. The van der Waals surface area contributed by atoms with Crippen molar-refractivity contribution in [2.75, 3.05) is 20.7 Å². The first-order chi connectivity index (χ1) is 5.77. The molecule has 0 saturated carbocycles. The zero-order chi connectivity index (χ0) is 8.97. The van der Waals surface area contributed by atoms with Gasteiger partial charge in [0, 0.05) is 6.54 Å². The molecule has 0 fully saturated rings. The average molecular weight is 167 g/mol. The summed E-state index contributed by atoms with van der Waals surface area (Å²) in [6.07, 6.45) is 5.52. The number of hydrogen-bond donors (Lipinski definition) is 1. The minimum Gasteiger partial charge on any atom is -0.497 e. The number of rotatable bonds is 3. The van der Waals surface area contributed by atoms with Gasteiger partial charge in [-0.25, -0.2) is 0 Å². The highest BCUT2D eigenvalue weighted by atomic mass is 16.5. The van der Waals surface area contributed by atoms with Gasteiger partial charge in [-0.05, 0) is 38.0 Å². The molecular weight excluding hydrogens is 150 g/mol. The molecule has 0 aromatic rings. The second kappa shape index (κ2) is 4.31. The lowest BCUT2D eigenvalue weighted by molar-refractivity contribution is 0.294. The molecule has 1 unspecified atom stereocenters. The van der Waals surface area contributed by atoms with Crippen molar-refractivity contribution in [2.24, 2.45) is 5.92 Å². The van der Waals surface area contributed by atoms with Crippen LogP contribution in [0.1, 0.15) is 13.3 Å². The topological polar surface area (TPSA) is 21.3 Å². The summed E-state index contributed by atoms with van der Waals surface area (Å²) in [6.45, 7) is 3.14. The maximum atomic E-state index is 5.20. The summed E-state index contributed by atoms with van der Waals surface area (Å²) < 4.78 is 5.20. The molecule has 1 N–H and O–H groups in total. The van der Waals surface area contributed by atoms with Crippen LogP contribution < -0.4 is 5.32 Å². The number of ether oxygens (including phenoxy) is 1. The fraction of sp³-hybridized carbons (Fsp3) is 0.600. The Labute approximate surface area is 74.3 Å². The maximum absolute atomic E-state index is 5.20. The van der Waals surface area contributed by atoms with Gasteiger partial charge in [-0.1, -0.05) is 6.08 Å². The van der Waals surface area contributed by atoms with E-state index in [-0.39, 0.29) is 0 Å². The molecule has 2 nitrogen and oxygen atoms in total. The molecule has 0 heterocycles. The van der Waals surface area contributed by atoms with E-state index in [1.54, 1.807) is 7.11 Å². The van der Waals surface area contributed by atoms with E-state index >= 15 is 0 Å². The van der Waals surface area contributed by atoms with Crippen LogP contribution in [0.4, 0.5) is 0 Å². The normalized spacial score (nSPS) is 23.1. The zero-order valence-corrected chi connectivity index (χ0v) is 8.05. The molecule has 0 saturated heterocycles. The lowest BCUT2D eigenvalue weighted by Gasteiger charge is -2.18. The molecule has 68 valence electrons. The summed E-state index contributed by atoms with van der Waals surface area (Å²) in [5.41, 5.74) is 1.25. The predicted octanol–water partition coefficient (Wildman–Crippen LogP) is 1.70. The Kier molecular flexibility index (Phi) is 3.35. The van der Waals surface area contributed by atoms with Crippen LogP contribution in [0.25, 0.3) is 0 Å². The van der Waals surface area contributed by atoms with E-state index in [0.29, 0.717) is 5.92 Å². The lowest BCUT2D eigenvalue weighted by Crippen LogP contribution is -2.18. The van der Waals surface area contributed by atoms with E-state index in [0.717, 1.165) is 18.7 Å². The van der Waals surface area contributed by atoms with Gasteiger partial charge in [-0.2, -0.15) is 0 Å². The van der Waals surface area contributed by atoms with Crippen molar-refractivity contribution in [3.63, 3.8) is 0 Å². The van der Waals surface area contributed by atoms with Crippen molar-refractivity contribution in [1.29, 1.82) is 0 Å². The number of nitrogens with one attached hydrogen (secondary N) is 1. The summed E-state index contributed by atoms with van der Waals surface area (Å²) >= 11 is 0. The molecule has 0 bridgehead atoms. The molecule has 0 radical (unpaired) electrons. The number of allylic oxidation sites excluding steroid dienone is 2. The standard InChI is InChI=1S/C10H17NO/c1-8-6-9(7-11-2)4-5-10(8)12-3/h5-6,9,11H,4,7H2,1-3H3. The maximum Gasteiger partial charge on any atom is 0.117 e. The SMILES string of the molecule is CNCC1C=C(C)C(OC)=CC1. The van der Waals surface area contributed by atoms with Crippen molar-refractivity contribution in [1.82, 2.24) is 5.32 Å². The smallest absolute Gasteiger partial charge is 0.117 e. The summed E-state index contributed by atoms with van der Waals surface area (Å²) in [5, 5.41) is 3.18. The Hall–Kier alpha value is -0.760. The molecule has 0 aliphatic heterocycles. The van der Waals surface area contributed by atoms with Crippen molar-refractivity contribution < 1.29 is 4.74 Å².